The highest BCUT2D eigenvalue weighted by molar-refractivity contribution is 6.30. The summed E-state index contributed by atoms with van der Waals surface area (Å²) in [4.78, 5) is 35.2. The number of aromatic nitrogens is 2. The molecule has 2 N–H and O–H groups in total. The number of benzene rings is 1. The summed E-state index contributed by atoms with van der Waals surface area (Å²) in [6.07, 6.45) is 0. The first kappa shape index (κ1) is 18.7. The third-order valence-electron chi connectivity index (χ3n) is 3.55. The van der Waals surface area contributed by atoms with Gasteiger partial charge in [-0.05, 0) is 24.1 Å². The van der Waals surface area contributed by atoms with E-state index in [0.29, 0.717) is 10.7 Å². The Morgan fingerprint density at radius 2 is 1.84 bits per heavy atom. The molecule has 0 saturated carbocycles. The Hall–Kier alpha value is -2.67. The number of carboxylic acids is 1. The minimum absolute atomic E-state index is 0.286. The van der Waals surface area contributed by atoms with Gasteiger partial charge in [-0.25, -0.2) is 9.48 Å². The van der Waals surface area contributed by atoms with Crippen LogP contribution in [0.2, 0.25) is 5.02 Å². The first-order valence-electron chi connectivity index (χ1n) is 7.64. The second kappa shape index (κ2) is 7.94. The monoisotopic (exact) mass is 363 g/mol. The van der Waals surface area contributed by atoms with Crippen LogP contribution in [0.25, 0.3) is 11.3 Å². The van der Waals surface area contributed by atoms with Gasteiger partial charge >= 0.3 is 5.97 Å². The van der Waals surface area contributed by atoms with Gasteiger partial charge in [-0.2, -0.15) is 5.10 Å². The van der Waals surface area contributed by atoms with Crippen molar-refractivity contribution in [2.45, 2.75) is 26.4 Å². The van der Waals surface area contributed by atoms with Gasteiger partial charge in [-0.15, -0.1) is 0 Å². The molecule has 2 aromatic rings. The number of halogens is 1. The van der Waals surface area contributed by atoms with E-state index in [9.17, 15) is 14.4 Å². The molecule has 0 fully saturated rings. The van der Waals surface area contributed by atoms with E-state index in [2.05, 4.69) is 10.4 Å². The number of nitrogens with one attached hydrogen (secondary N) is 1. The summed E-state index contributed by atoms with van der Waals surface area (Å²) in [5.41, 5.74) is 0.788. The van der Waals surface area contributed by atoms with Crippen LogP contribution >= 0.6 is 11.6 Å². The molecule has 0 bridgehead atoms. The van der Waals surface area contributed by atoms with E-state index in [-0.39, 0.29) is 12.5 Å². The summed E-state index contributed by atoms with van der Waals surface area (Å²) in [5.74, 6) is -2.01. The summed E-state index contributed by atoms with van der Waals surface area (Å²) in [7, 11) is 0. The van der Waals surface area contributed by atoms with Crippen LogP contribution in [-0.2, 0) is 16.1 Å². The maximum absolute atomic E-state index is 12.1. The smallest absolute Gasteiger partial charge is 0.326 e. The molecule has 0 unspecified atom stereocenters. The normalized spacial score (nSPS) is 12.0. The lowest BCUT2D eigenvalue weighted by Gasteiger charge is -2.18. The largest absolute Gasteiger partial charge is 0.480 e. The number of rotatable bonds is 6. The van der Waals surface area contributed by atoms with E-state index >= 15 is 0 Å². The lowest BCUT2D eigenvalue weighted by Crippen LogP contribution is -2.46. The fraction of sp³-hybridized carbons (Fsp3) is 0.294. The lowest BCUT2D eigenvalue weighted by molar-refractivity contribution is -0.143. The number of carboxylic acid groups (broad SMARTS) is 1. The molecule has 1 heterocycles. The summed E-state index contributed by atoms with van der Waals surface area (Å²) in [6.45, 7) is 3.01. The number of nitrogens with zero attached hydrogens (tertiary/aromatic N) is 2. The molecule has 0 saturated heterocycles. The first-order valence-corrected chi connectivity index (χ1v) is 8.02. The SMILES string of the molecule is CC(C)[C@H](NC(=O)Cn1nc(-c2ccc(Cl)cc2)ccc1=O)C(=O)O. The van der Waals surface area contributed by atoms with Crippen LogP contribution in [0.1, 0.15) is 13.8 Å². The van der Waals surface area contributed by atoms with E-state index in [1.54, 1.807) is 44.2 Å². The highest BCUT2D eigenvalue weighted by Gasteiger charge is 2.23. The molecule has 0 aliphatic carbocycles. The van der Waals surface area contributed by atoms with Crippen molar-refractivity contribution in [2.75, 3.05) is 0 Å². The van der Waals surface area contributed by atoms with Gasteiger partial charge in [0, 0.05) is 16.7 Å². The van der Waals surface area contributed by atoms with Crippen molar-refractivity contribution >= 4 is 23.5 Å². The van der Waals surface area contributed by atoms with Crippen molar-refractivity contribution in [3.05, 3.63) is 51.8 Å². The van der Waals surface area contributed by atoms with E-state index in [1.165, 1.54) is 6.07 Å². The Balaban J connectivity index is 2.20. The minimum Gasteiger partial charge on any atom is -0.480 e. The van der Waals surface area contributed by atoms with Crippen molar-refractivity contribution in [3.8, 4) is 11.3 Å². The van der Waals surface area contributed by atoms with E-state index in [0.717, 1.165) is 10.2 Å². The maximum atomic E-state index is 12.1. The highest BCUT2D eigenvalue weighted by atomic mass is 35.5. The van der Waals surface area contributed by atoms with E-state index < -0.39 is 23.5 Å². The van der Waals surface area contributed by atoms with Gasteiger partial charge in [0.2, 0.25) is 5.91 Å². The number of aliphatic carboxylic acids is 1. The molecular formula is C17H18ClN3O4. The Labute approximate surface area is 149 Å². The Morgan fingerprint density at radius 3 is 2.40 bits per heavy atom. The van der Waals surface area contributed by atoms with Gasteiger partial charge < -0.3 is 10.4 Å². The zero-order valence-electron chi connectivity index (χ0n) is 13.8. The molecule has 2 rings (SSSR count). The Bertz CT molecular complexity index is 831. The molecule has 0 aliphatic heterocycles. The van der Waals surface area contributed by atoms with E-state index in [1.807, 2.05) is 0 Å². The number of hydrogen-bond donors (Lipinski definition) is 2. The molecule has 132 valence electrons. The molecule has 8 heteroatoms. The van der Waals surface area contributed by atoms with Crippen molar-refractivity contribution in [3.63, 3.8) is 0 Å². The van der Waals surface area contributed by atoms with Crippen LogP contribution in [0.3, 0.4) is 0 Å². The third kappa shape index (κ3) is 4.90. The topological polar surface area (TPSA) is 101 Å². The third-order valence-corrected chi connectivity index (χ3v) is 3.80. The fourth-order valence-corrected chi connectivity index (χ4v) is 2.33. The standard InChI is InChI=1S/C17H18ClN3O4/c1-10(2)16(17(24)25)19-14(22)9-21-15(23)8-7-13(20-21)11-3-5-12(18)6-4-11/h3-8,10,16H,9H2,1-2H3,(H,19,22)(H,24,25)/t16-/m0/s1. The lowest BCUT2D eigenvalue weighted by atomic mass is 10.1. The van der Waals surface area contributed by atoms with Crippen molar-refractivity contribution in [2.24, 2.45) is 5.92 Å². The van der Waals surface area contributed by atoms with Crippen molar-refractivity contribution in [1.29, 1.82) is 0 Å². The number of hydrogen-bond acceptors (Lipinski definition) is 4. The fourth-order valence-electron chi connectivity index (χ4n) is 2.21. The van der Waals surface area contributed by atoms with Crippen LogP contribution in [0.5, 0.6) is 0 Å². The Kier molecular flexibility index (Phi) is 5.93. The van der Waals surface area contributed by atoms with Crippen LogP contribution in [0.4, 0.5) is 0 Å². The molecule has 0 aliphatic rings. The zero-order valence-corrected chi connectivity index (χ0v) is 14.5. The molecule has 25 heavy (non-hydrogen) atoms. The first-order chi connectivity index (χ1) is 11.8. The second-order valence-electron chi connectivity index (χ2n) is 5.85. The summed E-state index contributed by atoms with van der Waals surface area (Å²) in [5, 5.41) is 16.3. The van der Waals surface area contributed by atoms with E-state index in [4.69, 9.17) is 16.7 Å². The predicted octanol–water partition coefficient (Wildman–Crippen LogP) is 1.79. The molecule has 1 amide bonds. The zero-order chi connectivity index (χ0) is 18.6. The molecule has 0 spiro atoms. The van der Waals surface area contributed by atoms with Gasteiger partial charge in [0.15, 0.2) is 0 Å². The molecule has 0 radical (unpaired) electrons. The van der Waals surface area contributed by atoms with Gasteiger partial charge in [0.05, 0.1) is 5.69 Å². The van der Waals surface area contributed by atoms with Crippen molar-refractivity contribution < 1.29 is 14.7 Å². The van der Waals surface area contributed by atoms with Crippen LogP contribution < -0.4 is 10.9 Å². The molecule has 7 nitrogen and oxygen atoms in total. The van der Waals surface area contributed by atoms with Gasteiger partial charge in [-0.1, -0.05) is 37.6 Å². The average molecular weight is 364 g/mol. The van der Waals surface area contributed by atoms with Crippen LogP contribution in [-0.4, -0.2) is 32.8 Å². The Morgan fingerprint density at radius 1 is 1.20 bits per heavy atom. The number of amides is 1. The second-order valence-corrected chi connectivity index (χ2v) is 6.29. The van der Waals surface area contributed by atoms with Gasteiger partial charge in [0.25, 0.3) is 5.56 Å². The van der Waals surface area contributed by atoms with Crippen LogP contribution in [0.15, 0.2) is 41.2 Å². The molecule has 1 aromatic heterocycles. The molecule has 1 aromatic carbocycles. The summed E-state index contributed by atoms with van der Waals surface area (Å²) in [6, 6.07) is 8.72. The maximum Gasteiger partial charge on any atom is 0.326 e. The predicted molar refractivity (Wildman–Crippen MR) is 93.3 cm³/mol. The van der Waals surface area contributed by atoms with Gasteiger partial charge in [0.1, 0.15) is 12.6 Å². The average Bonchev–Trinajstić information content (AvgIpc) is 2.55. The highest BCUT2D eigenvalue weighted by Crippen LogP contribution is 2.18. The molecule has 1 atom stereocenters. The van der Waals surface area contributed by atoms with Gasteiger partial charge in [-0.3, -0.25) is 9.59 Å². The summed E-state index contributed by atoms with van der Waals surface area (Å²) < 4.78 is 0.999. The quantitative estimate of drug-likeness (QED) is 0.814. The number of carbonyl (C=O) groups is 2. The van der Waals surface area contributed by atoms with Crippen LogP contribution in [0, 0.1) is 5.92 Å². The minimum atomic E-state index is -1.13. The van der Waals surface area contributed by atoms with Crippen molar-refractivity contribution in [1.82, 2.24) is 15.1 Å². The molecular weight excluding hydrogens is 346 g/mol. The number of carbonyl (C=O) groups excluding carboxylic acids is 1. The summed E-state index contributed by atoms with van der Waals surface area (Å²) >= 11 is 5.85.